The Bertz CT molecular complexity index is 619. The number of nitrogens with zero attached hydrogens (tertiary/aromatic N) is 1. The first-order chi connectivity index (χ1) is 11.2. The summed E-state index contributed by atoms with van der Waals surface area (Å²) in [5.41, 5.74) is 2.14. The number of carbonyl (C=O) groups excluding carboxylic acids is 1. The molecule has 0 saturated carbocycles. The van der Waals surface area contributed by atoms with Crippen LogP contribution in [0.1, 0.15) is 28.8 Å². The number of hydrogen-bond acceptors (Lipinski definition) is 3. The Hall–Kier alpha value is -1.17. The number of benzene rings is 1. The zero-order valence-electron chi connectivity index (χ0n) is 13.0. The van der Waals surface area contributed by atoms with Gasteiger partial charge in [-0.2, -0.15) is 11.3 Å². The summed E-state index contributed by atoms with van der Waals surface area (Å²) in [5, 5.41) is 7.44. The van der Waals surface area contributed by atoms with Crippen LogP contribution in [0.5, 0.6) is 0 Å². The average Bonchev–Trinajstić information content (AvgIpc) is 3.07. The molecule has 0 unspecified atom stereocenters. The molecule has 23 heavy (non-hydrogen) atoms. The molecule has 1 aromatic heterocycles. The fourth-order valence-corrected chi connectivity index (χ4v) is 3.85. The van der Waals surface area contributed by atoms with Gasteiger partial charge in [0.05, 0.1) is 0 Å². The summed E-state index contributed by atoms with van der Waals surface area (Å²) < 4.78 is 0.993. The van der Waals surface area contributed by atoms with Gasteiger partial charge < -0.3 is 5.32 Å². The quantitative estimate of drug-likeness (QED) is 0.828. The maximum atomic E-state index is 12.1. The molecule has 0 spiro atoms. The smallest absolute Gasteiger partial charge is 0.251 e. The van der Waals surface area contributed by atoms with Gasteiger partial charge in [-0.25, -0.2) is 0 Å². The molecule has 0 aliphatic carbocycles. The van der Waals surface area contributed by atoms with Gasteiger partial charge in [-0.05, 0) is 78.5 Å². The molecule has 1 aliphatic rings. The Morgan fingerprint density at radius 2 is 1.96 bits per heavy atom. The fraction of sp³-hybridized carbons (Fsp3) is 0.389. The van der Waals surface area contributed by atoms with Crippen molar-refractivity contribution in [1.82, 2.24) is 10.2 Å². The Kier molecular flexibility index (Phi) is 5.86. The lowest BCUT2D eigenvalue weighted by atomic mass is 9.96. The molecule has 1 amide bonds. The second-order valence-electron chi connectivity index (χ2n) is 6.07. The van der Waals surface area contributed by atoms with Crippen LogP contribution in [0, 0.1) is 5.92 Å². The van der Waals surface area contributed by atoms with Crippen LogP contribution in [-0.2, 0) is 6.54 Å². The molecule has 1 fully saturated rings. The summed E-state index contributed by atoms with van der Waals surface area (Å²) in [6, 6.07) is 9.70. The third-order valence-electron chi connectivity index (χ3n) is 4.35. The fourth-order valence-electron chi connectivity index (χ4n) is 2.93. The van der Waals surface area contributed by atoms with Crippen molar-refractivity contribution in [2.45, 2.75) is 19.4 Å². The number of thiophene rings is 1. The number of amides is 1. The van der Waals surface area contributed by atoms with E-state index in [0.717, 1.165) is 49.1 Å². The van der Waals surface area contributed by atoms with E-state index in [4.69, 9.17) is 0 Å². The highest BCUT2D eigenvalue weighted by Crippen LogP contribution is 2.19. The molecule has 0 bridgehead atoms. The van der Waals surface area contributed by atoms with Gasteiger partial charge in [0, 0.05) is 23.1 Å². The van der Waals surface area contributed by atoms with Crippen molar-refractivity contribution >= 4 is 33.2 Å². The van der Waals surface area contributed by atoms with Gasteiger partial charge in [0.25, 0.3) is 5.91 Å². The van der Waals surface area contributed by atoms with Gasteiger partial charge in [-0.15, -0.1) is 0 Å². The molecule has 3 rings (SSSR count). The number of rotatable bonds is 5. The van der Waals surface area contributed by atoms with Crippen LogP contribution in [0.15, 0.2) is 45.6 Å². The van der Waals surface area contributed by atoms with E-state index in [0.29, 0.717) is 5.92 Å². The lowest BCUT2D eigenvalue weighted by molar-refractivity contribution is 0.0935. The first-order valence-electron chi connectivity index (χ1n) is 7.98. The Balaban J connectivity index is 1.40. The van der Waals surface area contributed by atoms with E-state index in [-0.39, 0.29) is 5.91 Å². The molecule has 0 atom stereocenters. The summed E-state index contributed by atoms with van der Waals surface area (Å²) in [6.07, 6.45) is 2.31. The summed E-state index contributed by atoms with van der Waals surface area (Å²) in [6.45, 7) is 4.08. The third-order valence-corrected chi connectivity index (χ3v) is 5.61. The Morgan fingerprint density at radius 1 is 1.22 bits per heavy atom. The predicted molar refractivity (Wildman–Crippen MR) is 98.8 cm³/mol. The highest BCUT2D eigenvalue weighted by Gasteiger charge is 2.20. The molecule has 0 radical (unpaired) electrons. The summed E-state index contributed by atoms with van der Waals surface area (Å²) >= 11 is 5.15. The van der Waals surface area contributed by atoms with Gasteiger partial charge in [-0.3, -0.25) is 9.69 Å². The molecular weight excluding hydrogens is 372 g/mol. The van der Waals surface area contributed by atoms with E-state index in [1.807, 2.05) is 24.3 Å². The van der Waals surface area contributed by atoms with E-state index in [1.165, 1.54) is 5.56 Å². The number of likely N-dealkylation sites (tertiary alicyclic amines) is 1. The summed E-state index contributed by atoms with van der Waals surface area (Å²) in [7, 11) is 0. The van der Waals surface area contributed by atoms with Gasteiger partial charge in [0.15, 0.2) is 0 Å². The topological polar surface area (TPSA) is 32.3 Å². The van der Waals surface area contributed by atoms with E-state index in [9.17, 15) is 4.79 Å². The molecule has 1 N–H and O–H groups in total. The van der Waals surface area contributed by atoms with E-state index in [1.54, 1.807) is 11.3 Å². The summed E-state index contributed by atoms with van der Waals surface area (Å²) in [5.74, 6) is 0.617. The Morgan fingerprint density at radius 3 is 2.61 bits per heavy atom. The highest BCUT2D eigenvalue weighted by molar-refractivity contribution is 9.10. The molecule has 5 heteroatoms. The van der Waals surface area contributed by atoms with Crippen molar-refractivity contribution in [1.29, 1.82) is 0 Å². The lowest BCUT2D eigenvalue weighted by Crippen LogP contribution is -2.38. The van der Waals surface area contributed by atoms with Crippen LogP contribution in [0.2, 0.25) is 0 Å². The standard InChI is InChI=1S/C18H21BrN2OS/c19-17-3-1-16(2-4-17)18(22)20-11-14-5-8-21(9-6-14)12-15-7-10-23-13-15/h1-4,7,10,13-14H,5-6,8-9,11-12H2,(H,20,22). The zero-order valence-corrected chi connectivity index (χ0v) is 15.4. The minimum Gasteiger partial charge on any atom is -0.352 e. The van der Waals surface area contributed by atoms with E-state index < -0.39 is 0 Å². The highest BCUT2D eigenvalue weighted by atomic mass is 79.9. The van der Waals surface area contributed by atoms with Crippen molar-refractivity contribution in [3.63, 3.8) is 0 Å². The average molecular weight is 393 g/mol. The second-order valence-corrected chi connectivity index (χ2v) is 7.76. The molecular formula is C18H21BrN2OS. The van der Waals surface area contributed by atoms with Crippen LogP contribution < -0.4 is 5.32 Å². The molecule has 1 saturated heterocycles. The maximum absolute atomic E-state index is 12.1. The van der Waals surface area contributed by atoms with Crippen molar-refractivity contribution < 1.29 is 4.79 Å². The van der Waals surface area contributed by atoms with Crippen molar-refractivity contribution in [2.75, 3.05) is 19.6 Å². The van der Waals surface area contributed by atoms with Crippen LogP contribution in [-0.4, -0.2) is 30.4 Å². The van der Waals surface area contributed by atoms with Crippen molar-refractivity contribution in [3.8, 4) is 0 Å². The summed E-state index contributed by atoms with van der Waals surface area (Å²) in [4.78, 5) is 14.6. The predicted octanol–water partition coefficient (Wildman–Crippen LogP) is 4.15. The van der Waals surface area contributed by atoms with Crippen LogP contribution in [0.4, 0.5) is 0 Å². The van der Waals surface area contributed by atoms with Gasteiger partial charge >= 0.3 is 0 Å². The molecule has 3 nitrogen and oxygen atoms in total. The molecule has 1 aromatic carbocycles. The number of carbonyl (C=O) groups is 1. The van der Waals surface area contributed by atoms with Crippen molar-refractivity contribution in [3.05, 3.63) is 56.7 Å². The Labute approximate surface area is 149 Å². The zero-order chi connectivity index (χ0) is 16.1. The lowest BCUT2D eigenvalue weighted by Gasteiger charge is -2.31. The SMILES string of the molecule is O=C(NCC1CCN(Cc2ccsc2)CC1)c1ccc(Br)cc1. The largest absolute Gasteiger partial charge is 0.352 e. The maximum Gasteiger partial charge on any atom is 0.251 e. The van der Waals surface area contributed by atoms with Crippen LogP contribution in [0.25, 0.3) is 0 Å². The van der Waals surface area contributed by atoms with Crippen molar-refractivity contribution in [2.24, 2.45) is 5.92 Å². The first-order valence-corrected chi connectivity index (χ1v) is 9.71. The number of nitrogens with one attached hydrogen (secondary N) is 1. The molecule has 2 aromatic rings. The number of hydrogen-bond donors (Lipinski definition) is 1. The van der Waals surface area contributed by atoms with Crippen LogP contribution >= 0.6 is 27.3 Å². The van der Waals surface area contributed by atoms with E-state index >= 15 is 0 Å². The molecule has 122 valence electrons. The minimum absolute atomic E-state index is 0.0261. The monoisotopic (exact) mass is 392 g/mol. The van der Waals surface area contributed by atoms with Crippen LogP contribution in [0.3, 0.4) is 0 Å². The number of piperidine rings is 1. The van der Waals surface area contributed by atoms with Gasteiger partial charge in [-0.1, -0.05) is 15.9 Å². The normalized spacial score (nSPS) is 16.4. The molecule has 2 heterocycles. The van der Waals surface area contributed by atoms with E-state index in [2.05, 4.69) is 43.0 Å². The minimum atomic E-state index is 0.0261. The van der Waals surface area contributed by atoms with Gasteiger partial charge in [0.2, 0.25) is 0 Å². The first kappa shape index (κ1) is 16.7. The molecule has 1 aliphatic heterocycles. The second kappa shape index (κ2) is 8.08. The van der Waals surface area contributed by atoms with Gasteiger partial charge in [0.1, 0.15) is 0 Å². The number of halogens is 1. The third kappa shape index (κ3) is 4.90.